The molecule has 3 aromatic rings. The van der Waals surface area contributed by atoms with Crippen LogP contribution in [0.25, 0.3) is 0 Å². The maximum absolute atomic E-state index is 13.7. The van der Waals surface area contributed by atoms with Crippen molar-refractivity contribution in [2.75, 3.05) is 10.6 Å². The van der Waals surface area contributed by atoms with Gasteiger partial charge in [-0.15, -0.1) is 0 Å². The lowest BCUT2D eigenvalue weighted by Crippen LogP contribution is -2.16. The maximum Gasteiger partial charge on any atom is 0.274 e. The summed E-state index contributed by atoms with van der Waals surface area (Å²) in [6.45, 7) is 3.89. The fraction of sp³-hybridized carbons (Fsp3) is 0.105. The van der Waals surface area contributed by atoms with Crippen LogP contribution in [0.1, 0.15) is 21.6 Å². The molecule has 0 radical (unpaired) electrons. The van der Waals surface area contributed by atoms with Crippen LogP contribution in [0.4, 0.5) is 26.1 Å². The molecule has 0 aliphatic carbocycles. The summed E-state index contributed by atoms with van der Waals surface area (Å²) in [5, 5.41) is 5.24. The first-order chi connectivity index (χ1) is 12.4. The van der Waals surface area contributed by atoms with Crippen molar-refractivity contribution in [3.8, 4) is 0 Å². The van der Waals surface area contributed by atoms with E-state index in [-0.39, 0.29) is 11.6 Å². The second-order valence-electron chi connectivity index (χ2n) is 5.76. The summed E-state index contributed by atoms with van der Waals surface area (Å²) in [4.78, 5) is 20.5. The normalized spacial score (nSPS) is 10.5. The summed E-state index contributed by atoms with van der Waals surface area (Å²) in [6.07, 6.45) is 1.40. The van der Waals surface area contributed by atoms with Gasteiger partial charge in [0.2, 0.25) is 5.95 Å². The first-order valence-corrected chi connectivity index (χ1v) is 7.87. The van der Waals surface area contributed by atoms with Gasteiger partial charge in [0.15, 0.2) is 0 Å². The third kappa shape index (κ3) is 3.83. The number of nitrogens with one attached hydrogen (secondary N) is 2. The Hall–Kier alpha value is -3.35. The highest BCUT2D eigenvalue weighted by Crippen LogP contribution is 2.21. The number of hydrogen-bond donors (Lipinski definition) is 2. The van der Waals surface area contributed by atoms with Crippen LogP contribution in [0, 0.1) is 25.5 Å². The molecule has 3 rings (SSSR count). The van der Waals surface area contributed by atoms with Crippen LogP contribution in [0.3, 0.4) is 0 Å². The summed E-state index contributed by atoms with van der Waals surface area (Å²) in [7, 11) is 0. The summed E-state index contributed by atoms with van der Waals surface area (Å²) in [5.74, 6) is -2.25. The predicted octanol–water partition coefficient (Wildman–Crippen LogP) is 4.37. The Bertz CT molecular complexity index is 955. The topological polar surface area (TPSA) is 66.9 Å². The number of carbonyl (C=O) groups excluding carboxylic acids is 1. The van der Waals surface area contributed by atoms with E-state index in [1.165, 1.54) is 18.3 Å². The summed E-state index contributed by atoms with van der Waals surface area (Å²) in [6, 6.07) is 10.6. The number of aryl methyl sites for hydroxylation is 2. The van der Waals surface area contributed by atoms with Crippen LogP contribution in [-0.4, -0.2) is 15.9 Å². The zero-order valence-electron chi connectivity index (χ0n) is 14.2. The molecule has 0 unspecified atom stereocenters. The number of hydrogen-bond acceptors (Lipinski definition) is 4. The van der Waals surface area contributed by atoms with E-state index in [1.54, 1.807) is 0 Å². The minimum atomic E-state index is -0.860. The first kappa shape index (κ1) is 17.5. The quantitative estimate of drug-likeness (QED) is 0.730. The smallest absolute Gasteiger partial charge is 0.274 e. The molecule has 0 fully saturated rings. The highest BCUT2D eigenvalue weighted by atomic mass is 19.1. The van der Waals surface area contributed by atoms with Gasteiger partial charge in [-0.25, -0.2) is 18.7 Å². The second kappa shape index (κ2) is 7.26. The van der Waals surface area contributed by atoms with Crippen molar-refractivity contribution < 1.29 is 13.6 Å². The number of carbonyl (C=O) groups is 1. The average Bonchev–Trinajstić information content (AvgIpc) is 2.61. The first-order valence-electron chi connectivity index (χ1n) is 7.87. The average molecular weight is 354 g/mol. The third-order valence-electron chi connectivity index (χ3n) is 3.73. The van der Waals surface area contributed by atoms with Crippen molar-refractivity contribution in [2.45, 2.75) is 13.8 Å². The number of para-hydroxylation sites is 1. The molecule has 0 saturated heterocycles. The van der Waals surface area contributed by atoms with Gasteiger partial charge in [0, 0.05) is 11.9 Å². The Labute approximate surface area is 149 Å². The lowest BCUT2D eigenvalue weighted by molar-refractivity contribution is 0.102. The maximum atomic E-state index is 13.7. The third-order valence-corrected chi connectivity index (χ3v) is 3.73. The molecule has 0 atom stereocenters. The standard InChI is InChI=1S/C19H16F2N4O/c1-11-6-7-12(2)16(10-11)24-19-22-9-8-15(23-19)18(26)25-17-13(20)4-3-5-14(17)21/h3-10H,1-2H3,(H,25,26)(H,22,23,24). The highest BCUT2D eigenvalue weighted by molar-refractivity contribution is 6.03. The molecule has 1 aromatic heterocycles. The molecule has 2 N–H and O–H groups in total. The molecule has 132 valence electrons. The van der Waals surface area contributed by atoms with E-state index in [9.17, 15) is 13.6 Å². The minimum absolute atomic E-state index is 0.0181. The van der Waals surface area contributed by atoms with Crippen molar-refractivity contribution in [2.24, 2.45) is 0 Å². The largest absolute Gasteiger partial charge is 0.324 e. The van der Waals surface area contributed by atoms with Crippen molar-refractivity contribution in [1.29, 1.82) is 0 Å². The number of amides is 1. The Morgan fingerprint density at radius 2 is 1.77 bits per heavy atom. The van der Waals surface area contributed by atoms with Gasteiger partial charge in [0.25, 0.3) is 5.91 Å². The van der Waals surface area contributed by atoms with Gasteiger partial charge in [0.1, 0.15) is 23.0 Å². The number of nitrogens with zero attached hydrogens (tertiary/aromatic N) is 2. The molecule has 26 heavy (non-hydrogen) atoms. The second-order valence-corrected chi connectivity index (χ2v) is 5.76. The zero-order valence-corrected chi connectivity index (χ0v) is 14.2. The van der Waals surface area contributed by atoms with E-state index < -0.39 is 23.2 Å². The van der Waals surface area contributed by atoms with Crippen LogP contribution in [0.15, 0.2) is 48.7 Å². The van der Waals surface area contributed by atoms with Crippen LogP contribution in [-0.2, 0) is 0 Å². The predicted molar refractivity (Wildman–Crippen MR) is 95.5 cm³/mol. The van der Waals surface area contributed by atoms with E-state index in [0.717, 1.165) is 28.9 Å². The molecule has 2 aromatic carbocycles. The highest BCUT2D eigenvalue weighted by Gasteiger charge is 2.15. The van der Waals surface area contributed by atoms with Crippen LogP contribution < -0.4 is 10.6 Å². The Kier molecular flexibility index (Phi) is 4.88. The van der Waals surface area contributed by atoms with E-state index in [4.69, 9.17) is 0 Å². The Morgan fingerprint density at radius 1 is 1.04 bits per heavy atom. The lowest BCUT2D eigenvalue weighted by Gasteiger charge is -2.10. The number of benzene rings is 2. The molecule has 1 heterocycles. The summed E-state index contributed by atoms with van der Waals surface area (Å²) in [5.41, 5.74) is 2.32. The van der Waals surface area contributed by atoms with Gasteiger partial charge in [-0.1, -0.05) is 18.2 Å². The van der Waals surface area contributed by atoms with E-state index in [2.05, 4.69) is 20.6 Å². The SMILES string of the molecule is Cc1ccc(C)c(Nc2nccc(C(=O)Nc3c(F)cccc3F)n2)c1. The fourth-order valence-electron chi connectivity index (χ4n) is 2.33. The monoisotopic (exact) mass is 354 g/mol. The van der Waals surface area contributed by atoms with E-state index in [0.29, 0.717) is 0 Å². The molecule has 0 spiro atoms. The molecular weight excluding hydrogens is 338 g/mol. The van der Waals surface area contributed by atoms with Crippen molar-refractivity contribution in [1.82, 2.24) is 9.97 Å². The molecule has 0 aliphatic heterocycles. The minimum Gasteiger partial charge on any atom is -0.324 e. The molecule has 0 aliphatic rings. The van der Waals surface area contributed by atoms with Gasteiger partial charge in [0.05, 0.1) is 0 Å². The van der Waals surface area contributed by atoms with E-state index >= 15 is 0 Å². The molecule has 0 bridgehead atoms. The van der Waals surface area contributed by atoms with Crippen LogP contribution in [0.5, 0.6) is 0 Å². The van der Waals surface area contributed by atoms with Gasteiger partial charge >= 0.3 is 0 Å². The number of aromatic nitrogens is 2. The van der Waals surface area contributed by atoms with Gasteiger partial charge in [-0.05, 0) is 49.2 Å². The van der Waals surface area contributed by atoms with Crippen molar-refractivity contribution in [3.63, 3.8) is 0 Å². The zero-order chi connectivity index (χ0) is 18.7. The van der Waals surface area contributed by atoms with Crippen LogP contribution in [0.2, 0.25) is 0 Å². The van der Waals surface area contributed by atoms with Crippen molar-refractivity contribution >= 4 is 23.2 Å². The van der Waals surface area contributed by atoms with Crippen LogP contribution >= 0.6 is 0 Å². The number of anilines is 3. The van der Waals surface area contributed by atoms with Crippen molar-refractivity contribution in [3.05, 3.63) is 77.1 Å². The molecule has 1 amide bonds. The Morgan fingerprint density at radius 3 is 2.50 bits per heavy atom. The van der Waals surface area contributed by atoms with E-state index in [1.807, 2.05) is 32.0 Å². The summed E-state index contributed by atoms with van der Waals surface area (Å²) >= 11 is 0. The van der Waals surface area contributed by atoms with Gasteiger partial charge in [-0.2, -0.15) is 0 Å². The van der Waals surface area contributed by atoms with Gasteiger partial charge < -0.3 is 10.6 Å². The molecular formula is C19H16F2N4O. The summed E-state index contributed by atoms with van der Waals surface area (Å²) < 4.78 is 27.4. The van der Waals surface area contributed by atoms with Gasteiger partial charge in [-0.3, -0.25) is 4.79 Å². The molecule has 7 heteroatoms. The lowest BCUT2D eigenvalue weighted by atomic mass is 10.1. The Balaban J connectivity index is 1.83. The number of halogens is 2. The molecule has 5 nitrogen and oxygen atoms in total. The number of rotatable bonds is 4. The molecule has 0 saturated carbocycles. The fourth-order valence-corrected chi connectivity index (χ4v) is 2.33.